The maximum Gasteiger partial charge on any atom is 0.225 e. The summed E-state index contributed by atoms with van der Waals surface area (Å²) >= 11 is 0. The Morgan fingerprint density at radius 1 is 1.07 bits per heavy atom. The third-order valence-corrected chi connectivity index (χ3v) is 7.26. The van der Waals surface area contributed by atoms with Crippen LogP contribution in [-0.2, 0) is 4.79 Å². The highest BCUT2D eigenvalue weighted by Gasteiger charge is 2.28. The summed E-state index contributed by atoms with van der Waals surface area (Å²) in [6, 6.07) is 8.80. The van der Waals surface area contributed by atoms with E-state index in [-0.39, 0.29) is 11.3 Å². The van der Waals surface area contributed by atoms with Crippen molar-refractivity contribution in [2.75, 3.05) is 19.6 Å². The second-order valence-electron chi connectivity index (χ2n) is 10.5. The fraction of sp³-hybridized carbons (Fsp3) is 0.654. The number of benzene rings is 1. The standard InChI is InChI=1S/C26H38N2O2/c1-26(2,3)25(29)27-21-10-8-19(9-11-21)12-15-28-16-13-20(14-17-28)23-18-30-24-7-5-4-6-22(23)24/h4-7,18-21H,8-17H2,1-3H3,(H,27,29)/t19-,21-. The van der Waals surface area contributed by atoms with E-state index in [1.807, 2.05) is 33.1 Å². The van der Waals surface area contributed by atoms with Crippen LogP contribution >= 0.6 is 0 Å². The quantitative estimate of drug-likeness (QED) is 0.685. The van der Waals surface area contributed by atoms with Crippen molar-refractivity contribution in [2.24, 2.45) is 11.3 Å². The number of rotatable bonds is 5. The van der Waals surface area contributed by atoms with E-state index in [2.05, 4.69) is 28.4 Å². The molecule has 1 amide bonds. The number of carbonyl (C=O) groups excluding carboxylic acids is 1. The normalized spacial score (nSPS) is 24.2. The second-order valence-corrected chi connectivity index (χ2v) is 10.5. The first-order valence-corrected chi connectivity index (χ1v) is 11.9. The van der Waals surface area contributed by atoms with Crippen LogP contribution in [0.5, 0.6) is 0 Å². The van der Waals surface area contributed by atoms with E-state index in [1.54, 1.807) is 0 Å². The van der Waals surface area contributed by atoms with Gasteiger partial charge in [-0.05, 0) is 82.5 Å². The molecule has 30 heavy (non-hydrogen) atoms. The number of hydrogen-bond acceptors (Lipinski definition) is 3. The van der Waals surface area contributed by atoms with Gasteiger partial charge in [-0.25, -0.2) is 0 Å². The van der Waals surface area contributed by atoms with Gasteiger partial charge >= 0.3 is 0 Å². The molecule has 1 saturated carbocycles. The van der Waals surface area contributed by atoms with Crippen molar-refractivity contribution in [1.82, 2.24) is 10.2 Å². The average molecular weight is 411 g/mol. The van der Waals surface area contributed by atoms with Gasteiger partial charge in [0.25, 0.3) is 0 Å². The average Bonchev–Trinajstić information content (AvgIpc) is 3.17. The molecular weight excluding hydrogens is 372 g/mol. The van der Waals surface area contributed by atoms with E-state index in [1.165, 1.54) is 62.7 Å². The monoisotopic (exact) mass is 410 g/mol. The Morgan fingerprint density at radius 2 is 1.77 bits per heavy atom. The first kappa shape index (κ1) is 21.4. The van der Waals surface area contributed by atoms with E-state index in [4.69, 9.17) is 4.42 Å². The van der Waals surface area contributed by atoms with Crippen LogP contribution in [0.2, 0.25) is 0 Å². The highest BCUT2D eigenvalue weighted by atomic mass is 16.3. The van der Waals surface area contributed by atoms with Crippen molar-refractivity contribution in [3.8, 4) is 0 Å². The van der Waals surface area contributed by atoms with Gasteiger partial charge in [-0.1, -0.05) is 39.0 Å². The zero-order chi connectivity index (χ0) is 21.1. The SMILES string of the molecule is CC(C)(C)C(=O)N[C@H]1CC[C@H](CCN2CCC(c3coc4ccccc34)CC2)CC1. The van der Waals surface area contributed by atoms with Gasteiger partial charge in [0.2, 0.25) is 5.91 Å². The molecule has 1 aliphatic heterocycles. The van der Waals surface area contributed by atoms with Crippen LogP contribution in [0.25, 0.3) is 11.0 Å². The maximum atomic E-state index is 12.2. The zero-order valence-corrected chi connectivity index (χ0v) is 19.0. The predicted octanol–water partition coefficient (Wildman–Crippen LogP) is 5.72. The second kappa shape index (κ2) is 9.13. The molecule has 0 atom stereocenters. The lowest BCUT2D eigenvalue weighted by Crippen LogP contribution is -2.43. The molecule has 2 aromatic rings. The van der Waals surface area contributed by atoms with Gasteiger partial charge < -0.3 is 14.6 Å². The molecule has 1 saturated heterocycles. The minimum Gasteiger partial charge on any atom is -0.464 e. The summed E-state index contributed by atoms with van der Waals surface area (Å²) in [6.45, 7) is 9.59. The molecule has 1 aliphatic carbocycles. The fourth-order valence-corrected chi connectivity index (χ4v) is 5.14. The molecule has 0 bridgehead atoms. The van der Waals surface area contributed by atoms with Crippen LogP contribution in [-0.4, -0.2) is 36.5 Å². The molecule has 1 aromatic carbocycles. The van der Waals surface area contributed by atoms with Crippen molar-refractivity contribution >= 4 is 16.9 Å². The smallest absolute Gasteiger partial charge is 0.225 e. The van der Waals surface area contributed by atoms with Crippen LogP contribution < -0.4 is 5.32 Å². The van der Waals surface area contributed by atoms with Crippen molar-refractivity contribution in [3.05, 3.63) is 36.1 Å². The molecule has 4 nitrogen and oxygen atoms in total. The zero-order valence-electron chi connectivity index (χ0n) is 19.0. The summed E-state index contributed by atoms with van der Waals surface area (Å²) in [5.74, 6) is 1.65. The molecule has 164 valence electrons. The Bertz CT molecular complexity index is 834. The van der Waals surface area contributed by atoms with E-state index < -0.39 is 0 Å². The topological polar surface area (TPSA) is 45.5 Å². The number of nitrogens with zero attached hydrogens (tertiary/aromatic N) is 1. The fourth-order valence-electron chi connectivity index (χ4n) is 5.14. The largest absolute Gasteiger partial charge is 0.464 e. The van der Waals surface area contributed by atoms with Crippen molar-refractivity contribution < 1.29 is 9.21 Å². The summed E-state index contributed by atoms with van der Waals surface area (Å²) in [5, 5.41) is 4.56. The summed E-state index contributed by atoms with van der Waals surface area (Å²) in [5.41, 5.74) is 2.14. The molecule has 1 aromatic heterocycles. The van der Waals surface area contributed by atoms with Crippen LogP contribution in [0, 0.1) is 11.3 Å². The summed E-state index contributed by atoms with van der Waals surface area (Å²) < 4.78 is 5.77. The number of hydrogen-bond donors (Lipinski definition) is 1. The minimum atomic E-state index is -0.286. The Morgan fingerprint density at radius 3 is 2.47 bits per heavy atom. The van der Waals surface area contributed by atoms with Crippen LogP contribution in [0.4, 0.5) is 0 Å². The summed E-state index contributed by atoms with van der Waals surface area (Å²) in [7, 11) is 0. The number of carbonyl (C=O) groups is 1. The lowest BCUT2D eigenvalue weighted by atomic mass is 9.83. The number of furan rings is 1. The Labute approximate surface area is 181 Å². The number of para-hydroxylation sites is 1. The molecular formula is C26H38N2O2. The van der Waals surface area contributed by atoms with Gasteiger partial charge in [-0.2, -0.15) is 0 Å². The van der Waals surface area contributed by atoms with E-state index in [0.29, 0.717) is 12.0 Å². The molecule has 0 spiro atoms. The first-order chi connectivity index (χ1) is 14.4. The Kier molecular flexibility index (Phi) is 6.52. The van der Waals surface area contributed by atoms with Crippen LogP contribution in [0.3, 0.4) is 0 Å². The van der Waals surface area contributed by atoms with Gasteiger partial charge in [0.1, 0.15) is 5.58 Å². The van der Waals surface area contributed by atoms with Crippen molar-refractivity contribution in [3.63, 3.8) is 0 Å². The van der Waals surface area contributed by atoms with Gasteiger partial charge in [-0.15, -0.1) is 0 Å². The lowest BCUT2D eigenvalue weighted by Gasteiger charge is -2.34. The predicted molar refractivity (Wildman–Crippen MR) is 123 cm³/mol. The summed E-state index contributed by atoms with van der Waals surface area (Å²) in [4.78, 5) is 14.9. The van der Waals surface area contributed by atoms with Crippen LogP contribution in [0.1, 0.15) is 77.2 Å². The van der Waals surface area contributed by atoms with Crippen LogP contribution in [0.15, 0.2) is 34.9 Å². The molecule has 0 radical (unpaired) electrons. The van der Waals surface area contributed by atoms with Crippen molar-refractivity contribution in [2.45, 2.75) is 77.7 Å². The summed E-state index contributed by atoms with van der Waals surface area (Å²) in [6.07, 6.45) is 10.6. The number of likely N-dealkylation sites (tertiary alicyclic amines) is 1. The Balaban J connectivity index is 1.17. The molecule has 2 fully saturated rings. The number of nitrogens with one attached hydrogen (secondary N) is 1. The Hall–Kier alpha value is -1.81. The van der Waals surface area contributed by atoms with E-state index >= 15 is 0 Å². The van der Waals surface area contributed by atoms with Gasteiger partial charge in [0, 0.05) is 22.4 Å². The van der Waals surface area contributed by atoms with Gasteiger partial charge in [0.05, 0.1) is 6.26 Å². The number of fused-ring (bicyclic) bond motifs is 1. The number of amides is 1. The third kappa shape index (κ3) is 5.08. The highest BCUT2D eigenvalue weighted by Crippen LogP contribution is 2.35. The third-order valence-electron chi connectivity index (χ3n) is 7.26. The first-order valence-electron chi connectivity index (χ1n) is 11.9. The highest BCUT2D eigenvalue weighted by molar-refractivity contribution is 5.82. The molecule has 2 heterocycles. The molecule has 4 heteroatoms. The van der Waals surface area contributed by atoms with Gasteiger partial charge in [0.15, 0.2) is 0 Å². The van der Waals surface area contributed by atoms with E-state index in [9.17, 15) is 4.79 Å². The number of piperidine rings is 1. The van der Waals surface area contributed by atoms with Crippen molar-refractivity contribution in [1.29, 1.82) is 0 Å². The molecule has 4 rings (SSSR count). The lowest BCUT2D eigenvalue weighted by molar-refractivity contribution is -0.129. The maximum absolute atomic E-state index is 12.2. The molecule has 1 N–H and O–H groups in total. The van der Waals surface area contributed by atoms with Gasteiger partial charge in [-0.3, -0.25) is 4.79 Å². The van der Waals surface area contributed by atoms with E-state index in [0.717, 1.165) is 24.3 Å². The molecule has 0 unspecified atom stereocenters. The minimum absolute atomic E-state index is 0.194. The molecule has 2 aliphatic rings.